The van der Waals surface area contributed by atoms with Crippen molar-refractivity contribution in [2.75, 3.05) is 47.5 Å². The molecule has 0 saturated carbocycles. The highest BCUT2D eigenvalue weighted by atomic mass is 16.7. The lowest BCUT2D eigenvalue weighted by molar-refractivity contribution is -0.870. The predicted octanol–water partition coefficient (Wildman–Crippen LogP) is 21.6. The number of carboxylic acids is 1. The highest BCUT2D eigenvalue weighted by Gasteiger charge is 2.22. The molecule has 0 spiro atoms. The second-order valence-corrected chi connectivity index (χ2v) is 26.2. The molecule has 85 heavy (non-hydrogen) atoms. The molecule has 0 aliphatic rings. The number of likely N-dealkylation sites (N-methyl/N-ethyl adjacent to an activating group) is 1. The summed E-state index contributed by atoms with van der Waals surface area (Å²) in [5.74, 6) is -2.27. The van der Waals surface area contributed by atoms with Crippen molar-refractivity contribution in [2.45, 2.75) is 373 Å². The summed E-state index contributed by atoms with van der Waals surface area (Å²) in [7, 11) is 5.93. The first-order valence-electron chi connectivity index (χ1n) is 36.8. The third-order valence-corrected chi connectivity index (χ3v) is 16.6. The Balaban J connectivity index is 3.95. The molecule has 9 nitrogen and oxygen atoms in total. The molecule has 0 radical (unpaired) electrons. The van der Waals surface area contributed by atoms with Gasteiger partial charge >= 0.3 is 11.9 Å². The highest BCUT2D eigenvalue weighted by molar-refractivity contribution is 5.70. The van der Waals surface area contributed by atoms with Crippen LogP contribution in [0.15, 0.2) is 48.6 Å². The number of allylic oxidation sites excluding steroid dienone is 8. The van der Waals surface area contributed by atoms with Gasteiger partial charge in [-0.1, -0.05) is 345 Å². The third kappa shape index (κ3) is 68.6. The molecule has 0 aromatic heterocycles. The molecule has 0 aliphatic carbocycles. The molecule has 0 saturated heterocycles. The van der Waals surface area contributed by atoms with E-state index in [1.54, 1.807) is 0 Å². The lowest BCUT2D eigenvalue weighted by atomic mass is 10.0. The molecule has 0 rings (SSSR count). The molecular formula is C76H141NO8. The summed E-state index contributed by atoms with van der Waals surface area (Å²) in [6.07, 6.45) is 83.8. The van der Waals surface area contributed by atoms with E-state index < -0.39 is 24.3 Å². The van der Waals surface area contributed by atoms with Gasteiger partial charge < -0.3 is 33.3 Å². The first-order valence-corrected chi connectivity index (χ1v) is 36.8. The van der Waals surface area contributed by atoms with E-state index >= 15 is 0 Å². The Morgan fingerprint density at radius 3 is 1.00 bits per heavy atom. The Bertz CT molecular complexity index is 1530. The lowest BCUT2D eigenvalue weighted by Crippen LogP contribution is -2.44. The maximum absolute atomic E-state index is 12.9. The van der Waals surface area contributed by atoms with E-state index in [0.29, 0.717) is 23.9 Å². The van der Waals surface area contributed by atoms with Gasteiger partial charge in [0.05, 0.1) is 40.3 Å². The van der Waals surface area contributed by atoms with Gasteiger partial charge in [0.2, 0.25) is 0 Å². The Kier molecular flexibility index (Phi) is 65.0. The van der Waals surface area contributed by atoms with Crippen molar-refractivity contribution in [1.82, 2.24) is 0 Å². The molecule has 2 unspecified atom stereocenters. The zero-order valence-corrected chi connectivity index (χ0v) is 57.0. The normalized spacial score (nSPS) is 12.9. The van der Waals surface area contributed by atoms with Crippen LogP contribution < -0.4 is 5.11 Å². The van der Waals surface area contributed by atoms with E-state index in [-0.39, 0.29) is 32.2 Å². The molecule has 0 aromatic rings. The summed E-state index contributed by atoms with van der Waals surface area (Å²) in [5.41, 5.74) is 0. The minimum absolute atomic E-state index is 0.146. The Morgan fingerprint density at radius 2 is 0.671 bits per heavy atom. The maximum Gasteiger partial charge on any atom is 0.306 e. The number of carbonyl (C=O) groups excluding carboxylic acids is 3. The average Bonchev–Trinajstić information content (AvgIpc) is 3.48. The van der Waals surface area contributed by atoms with Crippen molar-refractivity contribution in [3.63, 3.8) is 0 Å². The summed E-state index contributed by atoms with van der Waals surface area (Å²) in [6.45, 7) is 4.68. The zero-order chi connectivity index (χ0) is 61.9. The van der Waals surface area contributed by atoms with Gasteiger partial charge in [0.25, 0.3) is 0 Å². The van der Waals surface area contributed by atoms with Gasteiger partial charge in [0, 0.05) is 12.8 Å². The SMILES string of the molecule is CC/C=C\C/C=C\C/C=C\C/C=C\CCCCCCCCCCC(=O)OC(COC(=O)CCCCCCCCCCCCCCCCCCCCCCCCCCCCCCCCCCCCCCCCC)COC(OCC[N+](C)(C)C)C(=O)[O-]. The second kappa shape index (κ2) is 67.2. The van der Waals surface area contributed by atoms with Gasteiger partial charge in [-0.2, -0.15) is 0 Å². The predicted molar refractivity (Wildman–Crippen MR) is 362 cm³/mol. The average molecular weight is 1200 g/mol. The van der Waals surface area contributed by atoms with Crippen LogP contribution in [0.4, 0.5) is 0 Å². The minimum Gasteiger partial charge on any atom is -0.545 e. The number of aliphatic carboxylic acids is 1. The molecule has 0 fully saturated rings. The number of quaternary nitrogens is 1. The number of esters is 2. The van der Waals surface area contributed by atoms with E-state index in [4.69, 9.17) is 18.9 Å². The topological polar surface area (TPSA) is 111 Å². The monoisotopic (exact) mass is 1200 g/mol. The Hall–Kier alpha value is -2.75. The van der Waals surface area contributed by atoms with Crippen molar-refractivity contribution in [3.8, 4) is 0 Å². The van der Waals surface area contributed by atoms with Crippen LogP contribution in [0.1, 0.15) is 361 Å². The molecule has 0 aromatic carbocycles. The van der Waals surface area contributed by atoms with Crippen LogP contribution >= 0.6 is 0 Å². The van der Waals surface area contributed by atoms with Crippen LogP contribution in [-0.4, -0.2) is 82.3 Å². The fourth-order valence-corrected chi connectivity index (χ4v) is 11.0. The number of carboxylic acid groups (broad SMARTS) is 1. The number of nitrogens with zero attached hydrogens (tertiary/aromatic N) is 1. The van der Waals surface area contributed by atoms with Gasteiger partial charge in [-0.3, -0.25) is 9.59 Å². The third-order valence-electron chi connectivity index (χ3n) is 16.6. The number of ether oxygens (including phenoxy) is 4. The summed E-state index contributed by atoms with van der Waals surface area (Å²) >= 11 is 0. The molecule has 9 heteroatoms. The summed E-state index contributed by atoms with van der Waals surface area (Å²) < 4.78 is 22.8. The van der Waals surface area contributed by atoms with Crippen molar-refractivity contribution >= 4 is 17.9 Å². The number of hydrogen-bond acceptors (Lipinski definition) is 8. The Morgan fingerprint density at radius 1 is 0.365 bits per heavy atom. The van der Waals surface area contributed by atoms with E-state index in [9.17, 15) is 19.5 Å². The van der Waals surface area contributed by atoms with Gasteiger partial charge in [-0.25, -0.2) is 0 Å². The van der Waals surface area contributed by atoms with Gasteiger partial charge in [0.1, 0.15) is 13.2 Å². The second-order valence-electron chi connectivity index (χ2n) is 26.2. The van der Waals surface area contributed by atoms with E-state index in [1.165, 1.54) is 257 Å². The van der Waals surface area contributed by atoms with Crippen LogP contribution in [0.3, 0.4) is 0 Å². The fraction of sp³-hybridized carbons (Fsp3) is 0.855. The quantitative estimate of drug-likeness (QED) is 0.0195. The van der Waals surface area contributed by atoms with Crippen LogP contribution in [0.2, 0.25) is 0 Å². The van der Waals surface area contributed by atoms with Crippen LogP contribution in [0.25, 0.3) is 0 Å². The number of carbonyl (C=O) groups is 3. The van der Waals surface area contributed by atoms with Crippen molar-refractivity contribution in [2.24, 2.45) is 0 Å². The van der Waals surface area contributed by atoms with Crippen LogP contribution in [0.5, 0.6) is 0 Å². The standard InChI is InChI=1S/C76H141NO8/c1-6-8-10-12-14-16-18-20-22-24-26-28-29-30-31-32-33-34-35-36-37-38-39-40-41-42-43-44-45-47-48-50-52-54-56-58-60-62-64-66-73(78)83-70-72(71-84-76(75(80)81)82-69-68-77(3,4)5)85-74(79)67-65-63-61-59-57-55-53-51-49-46-27-25-23-21-19-17-15-13-11-9-7-2/h9,11,15,17,21,23,27,46,72,76H,6-8,10,12-14,16,18-20,22,24-26,28-45,47-71H2,1-5H3/b11-9-,17-15-,23-21-,46-27-. The molecule has 498 valence electrons. The number of rotatable bonds is 69. The smallest absolute Gasteiger partial charge is 0.306 e. The van der Waals surface area contributed by atoms with Gasteiger partial charge in [0.15, 0.2) is 12.4 Å². The lowest BCUT2D eigenvalue weighted by Gasteiger charge is -2.26. The molecule has 0 amide bonds. The van der Waals surface area contributed by atoms with Crippen LogP contribution in [-0.2, 0) is 33.3 Å². The number of hydrogen-bond donors (Lipinski definition) is 0. The van der Waals surface area contributed by atoms with Crippen molar-refractivity contribution in [3.05, 3.63) is 48.6 Å². The highest BCUT2D eigenvalue weighted by Crippen LogP contribution is 2.19. The maximum atomic E-state index is 12.9. The van der Waals surface area contributed by atoms with E-state index in [1.807, 2.05) is 21.1 Å². The van der Waals surface area contributed by atoms with Crippen molar-refractivity contribution in [1.29, 1.82) is 0 Å². The van der Waals surface area contributed by atoms with E-state index in [2.05, 4.69) is 62.5 Å². The summed E-state index contributed by atoms with van der Waals surface area (Å²) in [4.78, 5) is 37.5. The molecule has 2 atom stereocenters. The molecule has 0 aliphatic heterocycles. The Labute approximate surface area is 527 Å². The first kappa shape index (κ1) is 82.2. The molecule has 0 heterocycles. The van der Waals surface area contributed by atoms with Crippen LogP contribution in [0, 0.1) is 0 Å². The first-order chi connectivity index (χ1) is 41.6. The minimum atomic E-state index is -1.62. The molecule has 0 bridgehead atoms. The van der Waals surface area contributed by atoms with E-state index in [0.717, 1.165) is 70.6 Å². The fourth-order valence-electron chi connectivity index (χ4n) is 11.0. The largest absolute Gasteiger partial charge is 0.545 e. The van der Waals surface area contributed by atoms with Gasteiger partial charge in [-0.15, -0.1) is 0 Å². The van der Waals surface area contributed by atoms with Crippen molar-refractivity contribution < 1.29 is 42.9 Å². The summed E-state index contributed by atoms with van der Waals surface area (Å²) in [5, 5.41) is 11.8. The molecular weight excluding hydrogens is 1050 g/mol. The summed E-state index contributed by atoms with van der Waals surface area (Å²) in [6, 6.07) is 0. The van der Waals surface area contributed by atoms with Gasteiger partial charge in [-0.05, 0) is 51.4 Å². The molecule has 0 N–H and O–H groups in total. The number of unbranched alkanes of at least 4 members (excludes halogenated alkanes) is 46. The zero-order valence-electron chi connectivity index (χ0n) is 57.0.